The van der Waals surface area contributed by atoms with Crippen molar-refractivity contribution in [2.45, 2.75) is 34.3 Å². The van der Waals surface area contributed by atoms with Gasteiger partial charge in [0.1, 0.15) is 23.1 Å². The van der Waals surface area contributed by atoms with Gasteiger partial charge in [0.15, 0.2) is 5.76 Å². The summed E-state index contributed by atoms with van der Waals surface area (Å²) in [5, 5.41) is 3.22. The molecular formula is C22H23NO5S. The van der Waals surface area contributed by atoms with Crippen molar-refractivity contribution in [3.8, 4) is 5.75 Å². The molecule has 7 heteroatoms. The standard InChI is InChI=1S/C22H23NO5S/c1-5-26-22(25)19-14(3)15(4)29-21(19)23-20(24)18-11-10-17(28-18)12-27-16-8-6-13(2)7-9-16/h6-11H,5,12H2,1-4H3,(H,23,24). The number of benzene rings is 1. The lowest BCUT2D eigenvalue weighted by Crippen LogP contribution is -2.14. The van der Waals surface area contributed by atoms with Crippen molar-refractivity contribution in [1.29, 1.82) is 0 Å². The predicted octanol–water partition coefficient (Wildman–Crippen LogP) is 5.27. The van der Waals surface area contributed by atoms with Crippen molar-refractivity contribution in [2.75, 3.05) is 11.9 Å². The van der Waals surface area contributed by atoms with E-state index in [0.717, 1.165) is 21.8 Å². The molecule has 0 spiro atoms. The van der Waals surface area contributed by atoms with Crippen LogP contribution in [0.3, 0.4) is 0 Å². The molecule has 6 nitrogen and oxygen atoms in total. The summed E-state index contributed by atoms with van der Waals surface area (Å²) in [6.07, 6.45) is 0. The number of ether oxygens (including phenoxy) is 2. The fourth-order valence-corrected chi connectivity index (χ4v) is 3.74. The monoisotopic (exact) mass is 413 g/mol. The van der Waals surface area contributed by atoms with Gasteiger partial charge in [0, 0.05) is 4.88 Å². The first-order valence-electron chi connectivity index (χ1n) is 9.25. The lowest BCUT2D eigenvalue weighted by molar-refractivity contribution is 0.0527. The number of anilines is 1. The third kappa shape index (κ3) is 4.86. The number of rotatable bonds is 7. The van der Waals surface area contributed by atoms with E-state index in [-0.39, 0.29) is 19.0 Å². The number of esters is 1. The second kappa shape index (κ2) is 8.96. The summed E-state index contributed by atoms with van der Waals surface area (Å²) in [6, 6.07) is 11.0. The fraction of sp³-hybridized carbons (Fsp3) is 0.273. The smallest absolute Gasteiger partial charge is 0.341 e. The highest BCUT2D eigenvalue weighted by molar-refractivity contribution is 7.16. The molecule has 3 aromatic rings. The first-order chi connectivity index (χ1) is 13.9. The SMILES string of the molecule is CCOC(=O)c1c(NC(=O)c2ccc(COc3ccc(C)cc3)o2)sc(C)c1C. The molecule has 1 N–H and O–H groups in total. The second-order valence-electron chi connectivity index (χ2n) is 6.53. The predicted molar refractivity (Wildman–Crippen MR) is 112 cm³/mol. The molecule has 0 radical (unpaired) electrons. The number of aryl methyl sites for hydroxylation is 2. The van der Waals surface area contributed by atoms with E-state index in [2.05, 4.69) is 5.32 Å². The van der Waals surface area contributed by atoms with Crippen molar-refractivity contribution in [1.82, 2.24) is 0 Å². The van der Waals surface area contributed by atoms with Gasteiger partial charge in [-0.25, -0.2) is 4.79 Å². The molecule has 1 aromatic carbocycles. The van der Waals surface area contributed by atoms with Gasteiger partial charge in [-0.05, 0) is 57.5 Å². The number of hydrogen-bond donors (Lipinski definition) is 1. The van der Waals surface area contributed by atoms with Gasteiger partial charge in [-0.2, -0.15) is 0 Å². The van der Waals surface area contributed by atoms with E-state index in [1.807, 2.05) is 45.0 Å². The number of amides is 1. The van der Waals surface area contributed by atoms with Gasteiger partial charge >= 0.3 is 5.97 Å². The van der Waals surface area contributed by atoms with Crippen LogP contribution in [0, 0.1) is 20.8 Å². The van der Waals surface area contributed by atoms with Crippen LogP contribution >= 0.6 is 11.3 Å². The van der Waals surface area contributed by atoms with Crippen molar-refractivity contribution in [3.63, 3.8) is 0 Å². The lowest BCUT2D eigenvalue weighted by atomic mass is 10.1. The minimum atomic E-state index is -0.448. The summed E-state index contributed by atoms with van der Waals surface area (Å²) in [6.45, 7) is 7.95. The van der Waals surface area contributed by atoms with E-state index >= 15 is 0 Å². The largest absolute Gasteiger partial charge is 0.486 e. The van der Waals surface area contributed by atoms with Gasteiger partial charge in [0.25, 0.3) is 5.91 Å². The second-order valence-corrected chi connectivity index (χ2v) is 7.75. The Labute approximate surface area is 173 Å². The Morgan fingerprint density at radius 2 is 1.79 bits per heavy atom. The summed E-state index contributed by atoms with van der Waals surface area (Å²) < 4.78 is 16.4. The molecule has 0 aliphatic carbocycles. The number of furan rings is 1. The highest BCUT2D eigenvalue weighted by Gasteiger charge is 2.23. The van der Waals surface area contributed by atoms with Crippen LogP contribution in [0.1, 0.15) is 49.6 Å². The molecule has 0 unspecified atom stereocenters. The highest BCUT2D eigenvalue weighted by atomic mass is 32.1. The molecule has 3 rings (SSSR count). The average molecular weight is 413 g/mol. The number of carbonyl (C=O) groups excluding carboxylic acids is 2. The van der Waals surface area contributed by atoms with Crippen molar-refractivity contribution >= 4 is 28.2 Å². The summed E-state index contributed by atoms with van der Waals surface area (Å²) in [5.41, 5.74) is 2.34. The first-order valence-corrected chi connectivity index (χ1v) is 10.1. The van der Waals surface area contributed by atoms with Crippen molar-refractivity contribution < 1.29 is 23.5 Å². The zero-order chi connectivity index (χ0) is 21.0. The highest BCUT2D eigenvalue weighted by Crippen LogP contribution is 2.33. The van der Waals surface area contributed by atoms with E-state index in [0.29, 0.717) is 16.3 Å². The van der Waals surface area contributed by atoms with E-state index in [4.69, 9.17) is 13.9 Å². The molecule has 0 saturated carbocycles. The van der Waals surface area contributed by atoms with Gasteiger partial charge in [0.2, 0.25) is 0 Å². The van der Waals surface area contributed by atoms with E-state index in [9.17, 15) is 9.59 Å². The molecule has 152 valence electrons. The van der Waals surface area contributed by atoms with E-state index in [1.54, 1.807) is 19.1 Å². The molecule has 0 atom stereocenters. The molecule has 29 heavy (non-hydrogen) atoms. The topological polar surface area (TPSA) is 77.8 Å². The summed E-state index contributed by atoms with van der Waals surface area (Å²) in [5.74, 6) is 0.516. The van der Waals surface area contributed by atoms with Gasteiger partial charge in [-0.1, -0.05) is 17.7 Å². The minimum Gasteiger partial charge on any atom is -0.486 e. The van der Waals surface area contributed by atoms with Crippen LogP contribution < -0.4 is 10.1 Å². The van der Waals surface area contributed by atoms with Crippen LogP contribution in [0.2, 0.25) is 0 Å². The first kappa shape index (κ1) is 20.7. The maximum atomic E-state index is 12.6. The van der Waals surface area contributed by atoms with Crippen LogP contribution in [0.5, 0.6) is 5.75 Å². The quantitative estimate of drug-likeness (QED) is 0.534. The van der Waals surface area contributed by atoms with Crippen molar-refractivity contribution in [3.05, 3.63) is 69.5 Å². The van der Waals surface area contributed by atoms with Crippen LogP contribution in [-0.2, 0) is 11.3 Å². The lowest BCUT2D eigenvalue weighted by Gasteiger charge is -2.06. The van der Waals surface area contributed by atoms with Crippen LogP contribution in [0.15, 0.2) is 40.8 Å². The molecule has 0 fully saturated rings. The average Bonchev–Trinajstić information content (AvgIpc) is 3.26. The summed E-state index contributed by atoms with van der Waals surface area (Å²) in [7, 11) is 0. The minimum absolute atomic E-state index is 0.144. The van der Waals surface area contributed by atoms with Gasteiger partial charge in [0.05, 0.1) is 12.2 Å². The zero-order valence-corrected chi connectivity index (χ0v) is 17.6. The summed E-state index contributed by atoms with van der Waals surface area (Å²) >= 11 is 1.33. The number of carbonyl (C=O) groups is 2. The Bertz CT molecular complexity index is 1020. The maximum Gasteiger partial charge on any atom is 0.341 e. The number of nitrogens with one attached hydrogen (secondary N) is 1. The van der Waals surface area contributed by atoms with Gasteiger partial charge in [-0.3, -0.25) is 4.79 Å². The normalized spacial score (nSPS) is 10.6. The van der Waals surface area contributed by atoms with Crippen LogP contribution in [-0.4, -0.2) is 18.5 Å². The van der Waals surface area contributed by atoms with Crippen molar-refractivity contribution in [2.24, 2.45) is 0 Å². The number of hydrogen-bond acceptors (Lipinski definition) is 6. The molecule has 0 saturated heterocycles. The molecule has 0 aliphatic heterocycles. The van der Waals surface area contributed by atoms with Gasteiger partial charge < -0.3 is 19.2 Å². The molecule has 0 aliphatic rings. The molecule has 1 amide bonds. The van der Waals surface area contributed by atoms with Crippen LogP contribution in [0.4, 0.5) is 5.00 Å². The molecular weight excluding hydrogens is 390 g/mol. The molecule has 2 heterocycles. The van der Waals surface area contributed by atoms with E-state index < -0.39 is 11.9 Å². The Morgan fingerprint density at radius 1 is 1.07 bits per heavy atom. The third-order valence-corrected chi connectivity index (χ3v) is 5.50. The Morgan fingerprint density at radius 3 is 2.48 bits per heavy atom. The maximum absolute atomic E-state index is 12.6. The van der Waals surface area contributed by atoms with E-state index in [1.165, 1.54) is 11.3 Å². The molecule has 2 aromatic heterocycles. The Kier molecular flexibility index (Phi) is 6.39. The summed E-state index contributed by atoms with van der Waals surface area (Å²) in [4.78, 5) is 25.8. The van der Waals surface area contributed by atoms with Gasteiger partial charge in [-0.15, -0.1) is 11.3 Å². The molecule has 0 bridgehead atoms. The Hall–Kier alpha value is -3.06. The Balaban J connectivity index is 1.68. The van der Waals surface area contributed by atoms with Crippen LogP contribution in [0.25, 0.3) is 0 Å². The fourth-order valence-electron chi connectivity index (χ4n) is 2.70. The third-order valence-electron chi connectivity index (χ3n) is 4.38. The number of thiophene rings is 1. The zero-order valence-electron chi connectivity index (χ0n) is 16.8.